The first-order valence-corrected chi connectivity index (χ1v) is 5.50. The Balaban J connectivity index is 2.48. The van der Waals surface area contributed by atoms with Crippen molar-refractivity contribution in [2.24, 2.45) is 0 Å². The largest absolute Gasteiger partial charge is 0.468 e. The smallest absolute Gasteiger partial charge is 0.319 e. The Labute approximate surface area is 96.8 Å². The van der Waals surface area contributed by atoms with Crippen LogP contribution in [0.15, 0.2) is 30.3 Å². The minimum Gasteiger partial charge on any atom is -0.468 e. The molecule has 16 heavy (non-hydrogen) atoms. The Hall–Kier alpha value is -1.35. The number of methoxy groups -OCH3 is 1. The fourth-order valence-electron chi connectivity index (χ4n) is 1.54. The lowest BCUT2D eigenvalue weighted by atomic mass is 9.94. The molecule has 0 aliphatic heterocycles. The second-order valence-electron chi connectivity index (χ2n) is 3.95. The van der Waals surface area contributed by atoms with E-state index in [0.29, 0.717) is 5.92 Å². The Morgan fingerprint density at radius 3 is 2.50 bits per heavy atom. The molecule has 0 aromatic heterocycles. The fraction of sp³-hybridized carbons (Fsp3) is 0.462. The highest BCUT2D eigenvalue weighted by Gasteiger charge is 2.14. The lowest BCUT2D eigenvalue weighted by molar-refractivity contribution is -0.139. The van der Waals surface area contributed by atoms with Gasteiger partial charge in [-0.2, -0.15) is 0 Å². The van der Waals surface area contributed by atoms with Gasteiger partial charge in [-0.05, 0) is 18.4 Å². The van der Waals surface area contributed by atoms with Crippen molar-refractivity contribution >= 4 is 5.97 Å². The van der Waals surface area contributed by atoms with Crippen molar-refractivity contribution in [3.8, 4) is 0 Å². The van der Waals surface area contributed by atoms with E-state index in [1.54, 1.807) is 0 Å². The summed E-state index contributed by atoms with van der Waals surface area (Å²) in [6, 6.07) is 10.5. The number of esters is 1. The van der Waals surface area contributed by atoms with Gasteiger partial charge in [0, 0.05) is 6.04 Å². The molecule has 0 aliphatic carbocycles. The minimum absolute atomic E-state index is 0.230. The number of hydrogen-bond donors (Lipinski definition) is 1. The van der Waals surface area contributed by atoms with E-state index >= 15 is 0 Å². The van der Waals surface area contributed by atoms with Gasteiger partial charge >= 0.3 is 5.97 Å². The molecule has 1 rings (SSSR count). The van der Waals surface area contributed by atoms with Gasteiger partial charge in [0.25, 0.3) is 0 Å². The van der Waals surface area contributed by atoms with E-state index in [-0.39, 0.29) is 18.6 Å². The number of hydrogen-bond acceptors (Lipinski definition) is 3. The quantitative estimate of drug-likeness (QED) is 0.772. The van der Waals surface area contributed by atoms with E-state index in [2.05, 4.69) is 36.0 Å². The van der Waals surface area contributed by atoms with Crippen molar-refractivity contribution < 1.29 is 9.53 Å². The normalized spacial score (nSPS) is 14.2. The lowest BCUT2D eigenvalue weighted by Crippen LogP contribution is -2.35. The van der Waals surface area contributed by atoms with Crippen LogP contribution in [0.4, 0.5) is 0 Å². The average molecular weight is 221 g/mol. The molecule has 0 heterocycles. The van der Waals surface area contributed by atoms with Crippen LogP contribution < -0.4 is 5.32 Å². The van der Waals surface area contributed by atoms with Crippen LogP contribution in [0, 0.1) is 0 Å². The molecule has 0 radical (unpaired) electrons. The zero-order valence-electron chi connectivity index (χ0n) is 10.1. The molecule has 0 fully saturated rings. The zero-order chi connectivity index (χ0) is 12.0. The molecule has 3 heteroatoms. The number of rotatable bonds is 5. The lowest BCUT2D eigenvalue weighted by Gasteiger charge is -2.21. The molecular weight excluding hydrogens is 202 g/mol. The molecule has 1 N–H and O–H groups in total. The maximum Gasteiger partial charge on any atom is 0.319 e. The molecule has 88 valence electrons. The van der Waals surface area contributed by atoms with E-state index in [0.717, 1.165) is 0 Å². The summed E-state index contributed by atoms with van der Waals surface area (Å²) in [7, 11) is 1.40. The Morgan fingerprint density at radius 2 is 1.94 bits per heavy atom. The van der Waals surface area contributed by atoms with E-state index < -0.39 is 0 Å². The third kappa shape index (κ3) is 3.66. The van der Waals surface area contributed by atoms with Crippen LogP contribution >= 0.6 is 0 Å². The molecule has 3 nitrogen and oxygen atoms in total. The van der Waals surface area contributed by atoms with Crippen LogP contribution in [-0.2, 0) is 9.53 Å². The summed E-state index contributed by atoms with van der Waals surface area (Å²) in [5.74, 6) is 0.137. The molecule has 1 aromatic rings. The van der Waals surface area contributed by atoms with E-state index in [1.807, 2.05) is 18.2 Å². The molecule has 2 atom stereocenters. The van der Waals surface area contributed by atoms with Gasteiger partial charge in [-0.3, -0.25) is 4.79 Å². The number of carbonyl (C=O) groups excluding carboxylic acids is 1. The number of carbonyl (C=O) groups is 1. The van der Waals surface area contributed by atoms with E-state index in [9.17, 15) is 4.79 Å². The summed E-state index contributed by atoms with van der Waals surface area (Å²) in [4.78, 5) is 11.0. The highest BCUT2D eigenvalue weighted by Crippen LogP contribution is 2.18. The van der Waals surface area contributed by atoms with Crippen molar-refractivity contribution in [3.63, 3.8) is 0 Å². The maximum atomic E-state index is 11.0. The molecule has 1 aromatic carbocycles. The number of nitrogens with one attached hydrogen (secondary N) is 1. The molecule has 0 spiro atoms. The van der Waals surface area contributed by atoms with Gasteiger partial charge in [0.15, 0.2) is 0 Å². The standard InChI is InChI=1S/C13H19NO2/c1-10(12-7-5-4-6-8-12)11(2)14-9-13(15)16-3/h4-8,10-11,14H,9H2,1-3H3/t10-,11-/m1/s1. The van der Waals surface area contributed by atoms with Crippen molar-refractivity contribution in [2.45, 2.75) is 25.8 Å². The van der Waals surface area contributed by atoms with Crippen LogP contribution in [0.3, 0.4) is 0 Å². The highest BCUT2D eigenvalue weighted by atomic mass is 16.5. The van der Waals surface area contributed by atoms with Crippen molar-refractivity contribution in [1.29, 1.82) is 0 Å². The molecule has 0 saturated heterocycles. The topological polar surface area (TPSA) is 38.3 Å². The monoisotopic (exact) mass is 221 g/mol. The summed E-state index contributed by atoms with van der Waals surface area (Å²) in [6.45, 7) is 4.47. The second-order valence-corrected chi connectivity index (χ2v) is 3.95. The van der Waals surface area contributed by atoms with E-state index in [1.165, 1.54) is 12.7 Å². The first kappa shape index (κ1) is 12.7. The van der Waals surface area contributed by atoms with Crippen molar-refractivity contribution in [3.05, 3.63) is 35.9 Å². The predicted octanol–water partition coefficient (Wildman–Crippen LogP) is 1.94. The van der Waals surface area contributed by atoms with Crippen molar-refractivity contribution in [2.75, 3.05) is 13.7 Å². The first-order chi connectivity index (χ1) is 7.65. The molecule has 0 unspecified atom stereocenters. The molecular formula is C13H19NO2. The van der Waals surface area contributed by atoms with Gasteiger partial charge in [0.05, 0.1) is 13.7 Å². The van der Waals surface area contributed by atoms with Crippen LogP contribution in [0.25, 0.3) is 0 Å². The van der Waals surface area contributed by atoms with Gasteiger partial charge in [0.2, 0.25) is 0 Å². The van der Waals surface area contributed by atoms with Gasteiger partial charge in [-0.15, -0.1) is 0 Å². The van der Waals surface area contributed by atoms with Gasteiger partial charge in [-0.1, -0.05) is 37.3 Å². The average Bonchev–Trinajstić information content (AvgIpc) is 2.35. The highest BCUT2D eigenvalue weighted by molar-refractivity contribution is 5.71. The zero-order valence-corrected chi connectivity index (χ0v) is 10.1. The molecule has 0 saturated carbocycles. The van der Waals surface area contributed by atoms with Crippen molar-refractivity contribution in [1.82, 2.24) is 5.32 Å². The van der Waals surface area contributed by atoms with Crippen LogP contribution in [0.1, 0.15) is 25.3 Å². The predicted molar refractivity (Wildman–Crippen MR) is 64.3 cm³/mol. The van der Waals surface area contributed by atoms with Gasteiger partial charge in [0.1, 0.15) is 0 Å². The molecule has 0 amide bonds. The summed E-state index contributed by atoms with van der Waals surface area (Å²) in [6.07, 6.45) is 0. The van der Waals surface area contributed by atoms with Crippen LogP contribution in [-0.4, -0.2) is 25.7 Å². The Bertz CT molecular complexity index is 324. The second kappa shape index (κ2) is 6.28. The minimum atomic E-state index is -0.230. The molecule has 0 aliphatic rings. The third-order valence-corrected chi connectivity index (χ3v) is 2.87. The number of benzene rings is 1. The first-order valence-electron chi connectivity index (χ1n) is 5.50. The SMILES string of the molecule is COC(=O)CN[C@H](C)[C@@H](C)c1ccccc1. The van der Waals surface area contributed by atoms with Gasteiger partial charge < -0.3 is 10.1 Å². The Kier molecular flexibility index (Phi) is 4.99. The summed E-state index contributed by atoms with van der Waals surface area (Å²) >= 11 is 0. The van der Waals surface area contributed by atoms with Crippen LogP contribution in [0.5, 0.6) is 0 Å². The molecule has 0 bridgehead atoms. The summed E-state index contributed by atoms with van der Waals surface area (Å²) in [5, 5.41) is 3.16. The van der Waals surface area contributed by atoms with E-state index in [4.69, 9.17) is 0 Å². The Morgan fingerprint density at radius 1 is 1.31 bits per heavy atom. The van der Waals surface area contributed by atoms with Gasteiger partial charge in [-0.25, -0.2) is 0 Å². The third-order valence-electron chi connectivity index (χ3n) is 2.87. The van der Waals surface area contributed by atoms with Crippen LogP contribution in [0.2, 0.25) is 0 Å². The fourth-order valence-corrected chi connectivity index (χ4v) is 1.54. The number of ether oxygens (including phenoxy) is 1. The summed E-state index contributed by atoms with van der Waals surface area (Å²) < 4.78 is 4.58. The summed E-state index contributed by atoms with van der Waals surface area (Å²) in [5.41, 5.74) is 1.27. The maximum absolute atomic E-state index is 11.0.